The van der Waals surface area contributed by atoms with E-state index in [0.717, 1.165) is 36.0 Å². The third-order valence-electron chi connectivity index (χ3n) is 4.22. The Kier molecular flexibility index (Phi) is 4.47. The van der Waals surface area contributed by atoms with E-state index in [1.54, 1.807) is 0 Å². The van der Waals surface area contributed by atoms with Crippen molar-refractivity contribution in [3.05, 3.63) is 16.4 Å². The lowest BCUT2D eigenvalue weighted by atomic mass is 9.84. The third-order valence-corrected chi connectivity index (χ3v) is 4.71. The van der Waals surface area contributed by atoms with Crippen LogP contribution in [0.4, 0.5) is 0 Å². The molecule has 1 fully saturated rings. The fourth-order valence-corrected chi connectivity index (χ4v) is 3.28. The van der Waals surface area contributed by atoms with Crippen molar-refractivity contribution < 1.29 is 0 Å². The van der Waals surface area contributed by atoms with Gasteiger partial charge in [-0.15, -0.1) is 0 Å². The van der Waals surface area contributed by atoms with Gasteiger partial charge in [-0.3, -0.25) is 9.58 Å². The van der Waals surface area contributed by atoms with Crippen molar-refractivity contribution in [2.75, 3.05) is 13.1 Å². The van der Waals surface area contributed by atoms with Crippen molar-refractivity contribution in [3.8, 4) is 0 Å². The molecule has 2 unspecified atom stereocenters. The van der Waals surface area contributed by atoms with Crippen LogP contribution in [0.25, 0.3) is 0 Å². The van der Waals surface area contributed by atoms with Crippen LogP contribution in [0.1, 0.15) is 39.1 Å². The van der Waals surface area contributed by atoms with Crippen LogP contribution < -0.4 is 5.32 Å². The molecule has 0 radical (unpaired) electrons. The molecule has 5 heteroatoms. The second kappa shape index (κ2) is 5.66. The molecule has 20 heavy (non-hydrogen) atoms. The van der Waals surface area contributed by atoms with Crippen LogP contribution in [-0.4, -0.2) is 39.9 Å². The van der Waals surface area contributed by atoms with Gasteiger partial charge >= 0.3 is 0 Å². The van der Waals surface area contributed by atoms with Crippen molar-refractivity contribution in [1.82, 2.24) is 20.0 Å². The molecule has 0 aromatic carbocycles. The van der Waals surface area contributed by atoms with Gasteiger partial charge in [0.15, 0.2) is 0 Å². The maximum atomic E-state index is 6.41. The number of halogens is 1. The highest BCUT2D eigenvalue weighted by Crippen LogP contribution is 2.29. The summed E-state index contributed by atoms with van der Waals surface area (Å²) >= 11 is 6.41. The van der Waals surface area contributed by atoms with Crippen molar-refractivity contribution in [2.24, 2.45) is 12.5 Å². The van der Waals surface area contributed by atoms with E-state index in [1.165, 1.54) is 0 Å². The molecule has 2 heterocycles. The molecule has 1 saturated heterocycles. The number of aryl methyl sites for hydroxylation is 2. The Morgan fingerprint density at radius 2 is 2.05 bits per heavy atom. The summed E-state index contributed by atoms with van der Waals surface area (Å²) in [5.74, 6) is 0. The highest BCUT2D eigenvalue weighted by Gasteiger charge is 2.35. The van der Waals surface area contributed by atoms with Crippen molar-refractivity contribution in [2.45, 2.75) is 53.2 Å². The number of rotatable bonds is 2. The smallest absolute Gasteiger partial charge is 0.0860 e. The monoisotopic (exact) mass is 298 g/mol. The zero-order chi connectivity index (χ0) is 15.1. The normalized spacial score (nSPS) is 25.1. The summed E-state index contributed by atoms with van der Waals surface area (Å²) in [5.41, 5.74) is 2.28. The molecule has 0 amide bonds. The summed E-state index contributed by atoms with van der Waals surface area (Å²) in [7, 11) is 1.98. The number of hydrogen-bond donors (Lipinski definition) is 1. The van der Waals surface area contributed by atoms with Gasteiger partial charge in [0.1, 0.15) is 0 Å². The fraction of sp³-hybridized carbons (Fsp3) is 0.800. The van der Waals surface area contributed by atoms with Crippen molar-refractivity contribution in [1.29, 1.82) is 0 Å². The number of hydrogen-bond acceptors (Lipinski definition) is 3. The predicted octanol–water partition coefficient (Wildman–Crippen LogP) is 2.59. The van der Waals surface area contributed by atoms with Gasteiger partial charge in [0.2, 0.25) is 0 Å². The molecule has 0 bridgehead atoms. The van der Waals surface area contributed by atoms with E-state index in [1.807, 2.05) is 18.7 Å². The molecule has 1 aromatic heterocycles. The summed E-state index contributed by atoms with van der Waals surface area (Å²) in [6, 6.07) is 1.02. The number of nitrogens with one attached hydrogen (secondary N) is 1. The van der Waals surface area contributed by atoms with Crippen LogP contribution in [0, 0.1) is 12.3 Å². The van der Waals surface area contributed by atoms with E-state index < -0.39 is 0 Å². The summed E-state index contributed by atoms with van der Waals surface area (Å²) in [6.45, 7) is 14.1. The second-order valence-corrected chi connectivity index (χ2v) is 7.47. The average Bonchev–Trinajstić information content (AvgIpc) is 2.54. The van der Waals surface area contributed by atoms with E-state index in [2.05, 4.69) is 43.0 Å². The quantitative estimate of drug-likeness (QED) is 0.911. The van der Waals surface area contributed by atoms with Crippen LogP contribution in [-0.2, 0) is 13.6 Å². The number of piperazine rings is 1. The van der Waals surface area contributed by atoms with E-state index >= 15 is 0 Å². The Balaban J connectivity index is 2.23. The van der Waals surface area contributed by atoms with Crippen LogP contribution >= 0.6 is 11.6 Å². The first kappa shape index (κ1) is 15.8. The zero-order valence-corrected chi connectivity index (χ0v) is 14.3. The number of nitrogens with zero attached hydrogens (tertiary/aromatic N) is 3. The van der Waals surface area contributed by atoms with Gasteiger partial charge in [0.05, 0.1) is 16.4 Å². The van der Waals surface area contributed by atoms with Gasteiger partial charge in [-0.05, 0) is 19.3 Å². The standard InChI is InChI=1S/C15H27ClN4/c1-10-8-20(13(7-17-10)15(3,4)5)9-12-14(16)11(2)18-19(12)6/h10,13,17H,7-9H2,1-6H3. The molecular weight excluding hydrogens is 272 g/mol. The minimum absolute atomic E-state index is 0.243. The summed E-state index contributed by atoms with van der Waals surface area (Å²) in [5, 5.41) is 8.83. The molecule has 2 atom stereocenters. The van der Waals surface area contributed by atoms with Crippen LogP contribution in [0.2, 0.25) is 5.02 Å². The average molecular weight is 299 g/mol. The highest BCUT2D eigenvalue weighted by molar-refractivity contribution is 6.31. The Hall–Kier alpha value is -0.580. The van der Waals surface area contributed by atoms with Crippen LogP contribution in [0.5, 0.6) is 0 Å². The minimum Gasteiger partial charge on any atom is -0.311 e. The molecule has 1 N–H and O–H groups in total. The Morgan fingerprint density at radius 1 is 1.40 bits per heavy atom. The van der Waals surface area contributed by atoms with Gasteiger partial charge in [0.25, 0.3) is 0 Å². The molecule has 0 spiro atoms. The van der Waals surface area contributed by atoms with E-state index in [-0.39, 0.29) is 5.41 Å². The molecule has 4 nitrogen and oxygen atoms in total. The number of aromatic nitrogens is 2. The lowest BCUT2D eigenvalue weighted by molar-refractivity contribution is 0.0507. The first-order chi connectivity index (χ1) is 9.20. The van der Waals surface area contributed by atoms with Crippen LogP contribution in [0.15, 0.2) is 0 Å². The summed E-state index contributed by atoms with van der Waals surface area (Å²) in [4.78, 5) is 2.55. The van der Waals surface area contributed by atoms with E-state index in [9.17, 15) is 0 Å². The molecule has 1 aliphatic heterocycles. The predicted molar refractivity (Wildman–Crippen MR) is 84.1 cm³/mol. The zero-order valence-electron chi connectivity index (χ0n) is 13.5. The fourth-order valence-electron chi connectivity index (χ4n) is 3.06. The van der Waals surface area contributed by atoms with Crippen molar-refractivity contribution in [3.63, 3.8) is 0 Å². The first-order valence-electron chi connectivity index (χ1n) is 7.35. The topological polar surface area (TPSA) is 33.1 Å². The minimum atomic E-state index is 0.243. The highest BCUT2D eigenvalue weighted by atomic mass is 35.5. The maximum Gasteiger partial charge on any atom is 0.0860 e. The third kappa shape index (κ3) is 3.18. The van der Waals surface area contributed by atoms with Gasteiger partial charge in [-0.25, -0.2) is 0 Å². The molecule has 1 aliphatic rings. The summed E-state index contributed by atoms with van der Waals surface area (Å²) < 4.78 is 1.92. The molecule has 2 rings (SSSR count). The largest absolute Gasteiger partial charge is 0.311 e. The van der Waals surface area contributed by atoms with Gasteiger partial charge in [0, 0.05) is 38.8 Å². The molecule has 0 saturated carbocycles. The lowest BCUT2D eigenvalue weighted by Gasteiger charge is -2.45. The Morgan fingerprint density at radius 3 is 2.55 bits per heavy atom. The van der Waals surface area contributed by atoms with Crippen LogP contribution in [0.3, 0.4) is 0 Å². The first-order valence-corrected chi connectivity index (χ1v) is 7.73. The molecule has 1 aromatic rings. The molecular formula is C15H27ClN4. The SMILES string of the molecule is Cc1nn(C)c(CN2CC(C)NCC2C(C)(C)C)c1Cl. The van der Waals surface area contributed by atoms with E-state index in [0.29, 0.717) is 12.1 Å². The van der Waals surface area contributed by atoms with E-state index in [4.69, 9.17) is 11.6 Å². The Labute approximate surface area is 127 Å². The van der Waals surface area contributed by atoms with Gasteiger partial charge < -0.3 is 5.32 Å². The molecule has 114 valence electrons. The maximum absolute atomic E-state index is 6.41. The van der Waals surface area contributed by atoms with Gasteiger partial charge in [-0.1, -0.05) is 32.4 Å². The van der Waals surface area contributed by atoms with Crippen molar-refractivity contribution >= 4 is 11.6 Å². The summed E-state index contributed by atoms with van der Waals surface area (Å²) in [6.07, 6.45) is 0. The lowest BCUT2D eigenvalue weighted by Crippen LogP contribution is -2.59. The Bertz CT molecular complexity index is 475. The second-order valence-electron chi connectivity index (χ2n) is 7.09. The van der Waals surface area contributed by atoms with Gasteiger partial charge in [-0.2, -0.15) is 5.10 Å². The molecule has 0 aliphatic carbocycles.